The summed E-state index contributed by atoms with van der Waals surface area (Å²) < 4.78 is 28.3. The zero-order chi connectivity index (χ0) is 22.7. The molecular formula is C23H20N4O4S. The van der Waals surface area contributed by atoms with Gasteiger partial charge in [-0.05, 0) is 60.9 Å². The number of anilines is 2. The summed E-state index contributed by atoms with van der Waals surface area (Å²) in [5.74, 6) is -0.755. The fourth-order valence-electron chi connectivity index (χ4n) is 3.36. The minimum Gasteiger partial charge on any atom is -0.505 e. The van der Waals surface area contributed by atoms with Crippen LogP contribution >= 0.6 is 0 Å². The Morgan fingerprint density at radius 2 is 1.62 bits per heavy atom. The van der Waals surface area contributed by atoms with Gasteiger partial charge in [0.15, 0.2) is 0 Å². The van der Waals surface area contributed by atoms with Crippen molar-refractivity contribution >= 4 is 33.0 Å². The highest BCUT2D eigenvalue weighted by Crippen LogP contribution is 2.41. The number of phenols is 1. The van der Waals surface area contributed by atoms with Gasteiger partial charge in [0.05, 0.1) is 10.6 Å². The number of benzene rings is 3. The van der Waals surface area contributed by atoms with Crippen LogP contribution in [0.4, 0.5) is 17.1 Å². The minimum absolute atomic E-state index is 0.00592. The van der Waals surface area contributed by atoms with Gasteiger partial charge in [0.2, 0.25) is 0 Å². The molecule has 9 heteroatoms. The molecule has 4 N–H and O–H groups in total. The first-order chi connectivity index (χ1) is 15.3. The van der Waals surface area contributed by atoms with E-state index in [1.54, 1.807) is 30.3 Å². The quantitative estimate of drug-likeness (QED) is 0.231. The number of carbonyl (C=O) groups excluding carboxylic acids is 1. The summed E-state index contributed by atoms with van der Waals surface area (Å²) in [5.41, 5.74) is 7.87. The molecule has 1 amide bonds. The van der Waals surface area contributed by atoms with E-state index in [9.17, 15) is 18.3 Å². The van der Waals surface area contributed by atoms with Crippen LogP contribution in [0.1, 0.15) is 21.5 Å². The molecule has 1 aliphatic carbocycles. The number of carbonyl (C=O) groups is 1. The van der Waals surface area contributed by atoms with E-state index < -0.39 is 15.9 Å². The van der Waals surface area contributed by atoms with Crippen molar-refractivity contribution in [3.8, 4) is 5.75 Å². The molecule has 0 atom stereocenters. The molecule has 0 bridgehead atoms. The van der Waals surface area contributed by atoms with Crippen LogP contribution < -0.4 is 10.5 Å². The third-order valence-corrected chi connectivity index (χ3v) is 6.39. The van der Waals surface area contributed by atoms with E-state index in [1.165, 1.54) is 30.3 Å². The molecule has 0 saturated heterocycles. The smallest absolute Gasteiger partial charge is 0.295 e. The van der Waals surface area contributed by atoms with Crippen molar-refractivity contribution in [2.45, 2.75) is 17.7 Å². The van der Waals surface area contributed by atoms with Crippen LogP contribution in [-0.2, 0) is 22.9 Å². The molecule has 3 aromatic rings. The number of nitrogens with two attached hydrogens (primary N) is 1. The summed E-state index contributed by atoms with van der Waals surface area (Å²) in [6.45, 7) is 0. The van der Waals surface area contributed by atoms with Crippen molar-refractivity contribution in [1.82, 2.24) is 0 Å². The Kier molecular flexibility index (Phi) is 5.74. The molecule has 0 heterocycles. The van der Waals surface area contributed by atoms with E-state index in [0.717, 1.165) is 0 Å². The summed E-state index contributed by atoms with van der Waals surface area (Å²) in [5, 5.41) is 18.3. The van der Waals surface area contributed by atoms with Crippen LogP contribution in [-0.4, -0.2) is 19.4 Å². The van der Waals surface area contributed by atoms with Crippen LogP contribution in [0.25, 0.3) is 0 Å². The molecule has 0 saturated carbocycles. The fourth-order valence-corrected chi connectivity index (χ4v) is 4.47. The van der Waals surface area contributed by atoms with E-state index in [-0.39, 0.29) is 27.6 Å². The Morgan fingerprint density at radius 3 is 2.31 bits per heavy atom. The third-order valence-electron chi connectivity index (χ3n) is 5.01. The normalized spacial score (nSPS) is 13.1. The topological polar surface area (TPSA) is 134 Å². The molecule has 0 spiro atoms. The second-order valence-electron chi connectivity index (χ2n) is 7.17. The Bertz CT molecular complexity index is 1330. The summed E-state index contributed by atoms with van der Waals surface area (Å²) in [6.07, 6.45) is 4.61. The molecule has 32 heavy (non-hydrogen) atoms. The number of hydrogen-bond donors (Lipinski definition) is 3. The second-order valence-corrected chi connectivity index (χ2v) is 8.86. The van der Waals surface area contributed by atoms with Gasteiger partial charge in [-0.3, -0.25) is 9.52 Å². The molecular weight excluding hydrogens is 428 g/mol. The Labute approximate surface area is 185 Å². The Balaban J connectivity index is 1.71. The van der Waals surface area contributed by atoms with Crippen LogP contribution in [0.5, 0.6) is 5.75 Å². The Morgan fingerprint density at radius 1 is 0.969 bits per heavy atom. The maximum absolute atomic E-state index is 12.9. The van der Waals surface area contributed by atoms with Crippen molar-refractivity contribution in [1.29, 1.82) is 0 Å². The Hall–Kier alpha value is -3.98. The first kappa shape index (κ1) is 21.3. The van der Waals surface area contributed by atoms with Gasteiger partial charge in [-0.2, -0.15) is 0 Å². The largest absolute Gasteiger partial charge is 0.505 e. The van der Waals surface area contributed by atoms with E-state index in [1.807, 2.05) is 12.2 Å². The lowest BCUT2D eigenvalue weighted by molar-refractivity contribution is 0.0995. The molecule has 1 aliphatic rings. The molecule has 8 nitrogen and oxygen atoms in total. The molecule has 0 fully saturated rings. The van der Waals surface area contributed by atoms with Crippen LogP contribution in [0.2, 0.25) is 0 Å². The third kappa shape index (κ3) is 4.37. The lowest BCUT2D eigenvalue weighted by Gasteiger charge is -2.19. The van der Waals surface area contributed by atoms with Crippen molar-refractivity contribution in [3.05, 3.63) is 89.5 Å². The number of azo groups is 1. The minimum atomic E-state index is -3.86. The van der Waals surface area contributed by atoms with Crippen molar-refractivity contribution < 1.29 is 18.3 Å². The molecule has 3 aromatic carbocycles. The van der Waals surface area contributed by atoms with E-state index in [0.29, 0.717) is 29.7 Å². The number of rotatable bonds is 5. The van der Waals surface area contributed by atoms with Gasteiger partial charge in [0.25, 0.3) is 15.9 Å². The predicted octanol–water partition coefficient (Wildman–Crippen LogP) is 4.35. The highest BCUT2D eigenvalue weighted by atomic mass is 32.2. The van der Waals surface area contributed by atoms with Gasteiger partial charge >= 0.3 is 0 Å². The summed E-state index contributed by atoms with van der Waals surface area (Å²) in [6, 6.07) is 15.5. The molecule has 4 rings (SSSR count). The number of sulfonamides is 1. The first-order valence-corrected chi connectivity index (χ1v) is 11.3. The number of amides is 1. The average Bonchev–Trinajstić information content (AvgIpc) is 2.81. The fraction of sp³-hybridized carbons (Fsp3) is 0.0870. The number of hydrogen-bond acceptors (Lipinski definition) is 6. The molecule has 0 aliphatic heterocycles. The number of aromatic hydroxyl groups is 1. The standard InChI is InChI=1S/C23H20N4O4S/c24-16-12-10-15(11-13-16)23(29)26-25-21-14-20(18-8-4-5-9-19(18)22(21)28)27-32(30,31)17-6-2-1-3-7-17/h1-7,10-14,27-28H,8-9,24H2. The van der Waals surface area contributed by atoms with Gasteiger partial charge in [-0.15, -0.1) is 10.2 Å². The van der Waals surface area contributed by atoms with Gasteiger partial charge in [-0.1, -0.05) is 30.4 Å². The molecule has 0 aromatic heterocycles. The van der Waals surface area contributed by atoms with Crippen molar-refractivity contribution in [2.75, 3.05) is 10.5 Å². The number of allylic oxidation sites excluding steroid dienone is 2. The van der Waals surface area contributed by atoms with E-state index >= 15 is 0 Å². The van der Waals surface area contributed by atoms with Gasteiger partial charge in [-0.25, -0.2) is 8.42 Å². The zero-order valence-corrected chi connectivity index (χ0v) is 17.7. The van der Waals surface area contributed by atoms with Crippen molar-refractivity contribution in [3.63, 3.8) is 0 Å². The van der Waals surface area contributed by atoms with Crippen LogP contribution in [0, 0.1) is 0 Å². The lowest BCUT2D eigenvalue weighted by Crippen LogP contribution is -2.15. The molecule has 0 unspecified atom stereocenters. The number of nitrogen functional groups attached to an aromatic ring is 1. The summed E-state index contributed by atoms with van der Waals surface area (Å²) in [7, 11) is -3.86. The number of nitrogens with one attached hydrogen (secondary N) is 1. The first-order valence-electron chi connectivity index (χ1n) is 9.77. The maximum Gasteiger partial charge on any atom is 0.295 e. The predicted molar refractivity (Wildman–Crippen MR) is 122 cm³/mol. The average molecular weight is 449 g/mol. The lowest BCUT2D eigenvalue weighted by atomic mass is 9.93. The van der Waals surface area contributed by atoms with E-state index in [4.69, 9.17) is 5.73 Å². The van der Waals surface area contributed by atoms with Gasteiger partial charge in [0, 0.05) is 16.8 Å². The van der Waals surface area contributed by atoms with Gasteiger partial charge in [0.1, 0.15) is 11.4 Å². The number of nitrogens with zero attached hydrogens (tertiary/aromatic N) is 2. The number of phenolic OH excluding ortho intramolecular Hbond substituents is 1. The second kappa shape index (κ2) is 8.64. The molecule has 0 radical (unpaired) electrons. The number of fused-ring (bicyclic) bond motifs is 1. The zero-order valence-electron chi connectivity index (χ0n) is 16.9. The highest BCUT2D eigenvalue weighted by Gasteiger charge is 2.22. The monoisotopic (exact) mass is 448 g/mol. The SMILES string of the molecule is Nc1ccc(C(=O)N=Nc2cc(NS(=O)(=O)c3ccccc3)c3c(c2O)CC=CC3)cc1. The van der Waals surface area contributed by atoms with E-state index in [2.05, 4.69) is 15.0 Å². The van der Waals surface area contributed by atoms with Crippen LogP contribution in [0.15, 0.2) is 87.9 Å². The summed E-state index contributed by atoms with van der Waals surface area (Å²) >= 11 is 0. The maximum atomic E-state index is 12.9. The van der Waals surface area contributed by atoms with Crippen molar-refractivity contribution in [2.24, 2.45) is 10.2 Å². The van der Waals surface area contributed by atoms with Gasteiger partial charge < -0.3 is 10.8 Å². The highest BCUT2D eigenvalue weighted by molar-refractivity contribution is 7.92. The summed E-state index contributed by atoms with van der Waals surface area (Å²) in [4.78, 5) is 12.4. The molecule has 162 valence electrons. The van der Waals surface area contributed by atoms with Crippen LogP contribution in [0.3, 0.4) is 0 Å².